The van der Waals surface area contributed by atoms with Crippen LogP contribution in [-0.4, -0.2) is 102 Å². The summed E-state index contributed by atoms with van der Waals surface area (Å²) in [4.78, 5) is 72.7. The number of hydrogen-bond acceptors (Lipinski definition) is 11. The number of tetrazole rings is 1. The number of rotatable bonds is 12. The largest absolute Gasteiger partial charge is 0.444 e. The number of H-pyrrole nitrogens is 1. The Morgan fingerprint density at radius 3 is 2.08 bits per heavy atom. The molecule has 7 rings (SSSR count). The van der Waals surface area contributed by atoms with E-state index in [9.17, 15) is 24.0 Å². The number of alkyl carbamates (subject to hydrolysis) is 1. The minimum atomic E-state index is -0.877. The Labute approximate surface area is 380 Å². The number of aryl methyl sites for hydroxylation is 1. The third-order valence-corrected chi connectivity index (χ3v) is 12.3. The van der Waals surface area contributed by atoms with Crippen LogP contribution in [0.5, 0.6) is 0 Å². The molecule has 4 heterocycles. The van der Waals surface area contributed by atoms with Crippen molar-refractivity contribution in [3.63, 3.8) is 0 Å². The molecule has 346 valence electrons. The van der Waals surface area contributed by atoms with Gasteiger partial charge in [0.1, 0.15) is 22.9 Å². The van der Waals surface area contributed by atoms with Gasteiger partial charge in [0.2, 0.25) is 17.6 Å². The first-order chi connectivity index (χ1) is 30.9. The lowest BCUT2D eigenvalue weighted by molar-refractivity contribution is -0.130. The Bertz CT molecular complexity index is 2300. The first-order valence-corrected chi connectivity index (χ1v) is 22.7. The van der Waals surface area contributed by atoms with Gasteiger partial charge in [-0.3, -0.25) is 19.4 Å². The summed E-state index contributed by atoms with van der Waals surface area (Å²) in [6.07, 6.45) is 7.12. The van der Waals surface area contributed by atoms with Crippen LogP contribution < -0.4 is 21.3 Å². The molecule has 0 radical (unpaired) electrons. The van der Waals surface area contributed by atoms with Crippen molar-refractivity contribution in [1.29, 1.82) is 0 Å². The number of anilines is 1. The number of benzene rings is 2. The Morgan fingerprint density at radius 1 is 0.831 bits per heavy atom. The maximum absolute atomic E-state index is 13.9. The molecule has 17 nitrogen and oxygen atoms in total. The summed E-state index contributed by atoms with van der Waals surface area (Å²) in [6, 6.07) is 15.7. The Morgan fingerprint density at radius 2 is 1.48 bits per heavy atom. The molecule has 65 heavy (non-hydrogen) atoms. The average molecular weight is 891 g/mol. The average Bonchev–Trinajstić information content (AvgIpc) is 3.89. The SMILES string of the molecule is Cc1cc(C(=O)NC2C[C@H]3CC[C@@H](C2)N3C(=O)OC(C)(C)C)ncc1-c1ccc(C[C@H](NC(=O)C2CCC(CNC(=O)OC(C)(C)C)CC2)C(=O)Nc2ccc(-c3nn[nH]n3)cc2)cc1. The van der Waals surface area contributed by atoms with Crippen LogP contribution in [0.15, 0.2) is 60.8 Å². The van der Waals surface area contributed by atoms with Gasteiger partial charge in [-0.1, -0.05) is 24.3 Å². The van der Waals surface area contributed by atoms with E-state index in [4.69, 9.17) is 9.47 Å². The van der Waals surface area contributed by atoms with Gasteiger partial charge >= 0.3 is 12.2 Å². The van der Waals surface area contributed by atoms with Gasteiger partial charge in [-0.05, 0) is 158 Å². The Kier molecular flexibility index (Phi) is 14.2. The van der Waals surface area contributed by atoms with Gasteiger partial charge < -0.3 is 35.6 Å². The van der Waals surface area contributed by atoms with E-state index < -0.39 is 23.3 Å². The van der Waals surface area contributed by atoms with E-state index in [0.29, 0.717) is 49.4 Å². The molecule has 3 fully saturated rings. The number of amides is 5. The maximum Gasteiger partial charge on any atom is 0.410 e. The van der Waals surface area contributed by atoms with Crippen molar-refractivity contribution in [2.45, 2.75) is 142 Å². The quantitative estimate of drug-likeness (QED) is 0.0985. The summed E-state index contributed by atoms with van der Waals surface area (Å²) < 4.78 is 11.0. The normalized spacial score (nSPS) is 21.2. The molecule has 2 saturated heterocycles. The van der Waals surface area contributed by atoms with E-state index in [-0.39, 0.29) is 60.2 Å². The number of carbonyl (C=O) groups excluding carboxylic acids is 5. The molecule has 3 aliphatic rings. The van der Waals surface area contributed by atoms with Crippen LogP contribution in [0.2, 0.25) is 0 Å². The van der Waals surface area contributed by atoms with Crippen LogP contribution in [-0.2, 0) is 25.5 Å². The van der Waals surface area contributed by atoms with Crippen molar-refractivity contribution in [2.24, 2.45) is 11.8 Å². The molecule has 1 unspecified atom stereocenters. The predicted molar refractivity (Wildman–Crippen MR) is 243 cm³/mol. The predicted octanol–water partition coefficient (Wildman–Crippen LogP) is 6.89. The molecule has 1 saturated carbocycles. The van der Waals surface area contributed by atoms with Crippen LogP contribution >= 0.6 is 0 Å². The topological polar surface area (TPSA) is 223 Å². The van der Waals surface area contributed by atoms with E-state index >= 15 is 0 Å². The van der Waals surface area contributed by atoms with Crippen LogP contribution in [0.1, 0.15) is 115 Å². The highest BCUT2D eigenvalue weighted by molar-refractivity contribution is 5.98. The van der Waals surface area contributed by atoms with Crippen molar-refractivity contribution in [1.82, 2.24) is 46.5 Å². The fourth-order valence-electron chi connectivity index (χ4n) is 9.09. The number of carbonyl (C=O) groups is 5. The summed E-state index contributed by atoms with van der Waals surface area (Å²) in [6.45, 7) is 13.5. The zero-order valence-corrected chi connectivity index (χ0v) is 38.4. The number of hydrogen-bond donors (Lipinski definition) is 5. The molecule has 2 aromatic heterocycles. The van der Waals surface area contributed by atoms with Gasteiger partial charge in [-0.15, -0.1) is 10.2 Å². The molecule has 4 atom stereocenters. The van der Waals surface area contributed by atoms with E-state index in [0.717, 1.165) is 53.5 Å². The summed E-state index contributed by atoms with van der Waals surface area (Å²) >= 11 is 0. The van der Waals surface area contributed by atoms with Crippen molar-refractivity contribution in [3.05, 3.63) is 77.6 Å². The summed E-state index contributed by atoms with van der Waals surface area (Å²) in [5, 5.41) is 26.1. The third kappa shape index (κ3) is 12.5. The molecular formula is C48H62N10O7. The van der Waals surface area contributed by atoms with Crippen LogP contribution in [0.25, 0.3) is 22.5 Å². The molecule has 5 amide bonds. The maximum atomic E-state index is 13.9. The Balaban J connectivity index is 0.973. The molecule has 17 heteroatoms. The first kappa shape index (κ1) is 46.6. The standard InChI is InChI=1S/C48H62N10O7/c1-28-22-39(43(60)52-35-24-36-20-21-37(25-35)58(36)46(63)65-48(5,6)7)49-27-38(28)31-12-8-29(9-13-31)23-40(44(61)51-34-18-16-32(17-19-34)41-54-56-57-55-41)53-42(59)33-14-10-30(11-15-33)26-50-45(62)64-47(2,3)4/h8-9,12-13,16-19,22,27,30,33,35-37,40H,10-11,14-15,20-21,23-26H2,1-7H3,(H,50,62)(H,51,61)(H,52,60)(H,53,59)(H,54,55,56,57)/t30?,33?,35?,36-,37+,40-/m0/s1. The van der Waals surface area contributed by atoms with E-state index in [1.54, 1.807) is 36.5 Å². The van der Waals surface area contributed by atoms with Crippen molar-refractivity contribution in [3.8, 4) is 22.5 Å². The highest BCUT2D eigenvalue weighted by Crippen LogP contribution is 2.37. The summed E-state index contributed by atoms with van der Waals surface area (Å²) in [5.41, 5.74) is 3.91. The van der Waals surface area contributed by atoms with Gasteiger partial charge in [0.15, 0.2) is 0 Å². The minimum absolute atomic E-state index is 0.0317. The zero-order valence-electron chi connectivity index (χ0n) is 38.4. The van der Waals surface area contributed by atoms with Gasteiger partial charge in [-0.2, -0.15) is 5.21 Å². The van der Waals surface area contributed by atoms with Gasteiger partial charge in [-0.25, -0.2) is 9.59 Å². The van der Waals surface area contributed by atoms with E-state index in [1.807, 2.05) is 77.6 Å². The molecule has 1 aliphatic carbocycles. The first-order valence-electron chi connectivity index (χ1n) is 22.7. The van der Waals surface area contributed by atoms with Gasteiger partial charge in [0.25, 0.3) is 5.91 Å². The molecule has 0 spiro atoms. The monoisotopic (exact) mass is 890 g/mol. The fourth-order valence-corrected chi connectivity index (χ4v) is 9.09. The van der Waals surface area contributed by atoms with Crippen LogP contribution in [0, 0.1) is 18.8 Å². The van der Waals surface area contributed by atoms with E-state index in [1.165, 1.54) is 0 Å². The number of pyridine rings is 1. The number of piperidine rings is 1. The zero-order chi connectivity index (χ0) is 46.5. The van der Waals surface area contributed by atoms with Crippen molar-refractivity contribution in [2.75, 3.05) is 11.9 Å². The molecule has 5 N–H and O–H groups in total. The molecule has 2 bridgehead atoms. The number of aromatic nitrogens is 5. The fraction of sp³-hybridized carbons (Fsp3) is 0.521. The molecule has 4 aromatic rings. The number of aromatic amines is 1. The second kappa shape index (κ2) is 19.8. The number of fused-ring (bicyclic) bond motifs is 2. The smallest absolute Gasteiger partial charge is 0.410 e. The molecule has 2 aromatic carbocycles. The van der Waals surface area contributed by atoms with E-state index in [2.05, 4.69) is 46.9 Å². The lowest BCUT2D eigenvalue weighted by Crippen LogP contribution is -2.53. The van der Waals surface area contributed by atoms with Crippen LogP contribution in [0.3, 0.4) is 0 Å². The van der Waals surface area contributed by atoms with Crippen molar-refractivity contribution < 1.29 is 33.4 Å². The number of ether oxygens (including phenoxy) is 2. The second-order valence-corrected chi connectivity index (χ2v) is 19.7. The number of nitrogens with one attached hydrogen (secondary N) is 5. The second-order valence-electron chi connectivity index (χ2n) is 19.7. The van der Waals surface area contributed by atoms with Crippen LogP contribution in [0.4, 0.5) is 15.3 Å². The lowest BCUT2D eigenvalue weighted by Gasteiger charge is -2.39. The third-order valence-electron chi connectivity index (χ3n) is 12.3. The molecular weight excluding hydrogens is 829 g/mol. The minimum Gasteiger partial charge on any atom is -0.444 e. The summed E-state index contributed by atoms with van der Waals surface area (Å²) in [5.74, 6) is -0.410. The number of nitrogens with zero attached hydrogens (tertiary/aromatic N) is 5. The Hall–Kier alpha value is -6.39. The molecule has 2 aliphatic heterocycles. The van der Waals surface area contributed by atoms with Gasteiger partial charge in [0.05, 0.1) is 0 Å². The summed E-state index contributed by atoms with van der Waals surface area (Å²) in [7, 11) is 0. The highest BCUT2D eigenvalue weighted by atomic mass is 16.6. The van der Waals surface area contributed by atoms with Gasteiger partial charge in [0, 0.05) is 60.0 Å². The highest BCUT2D eigenvalue weighted by Gasteiger charge is 2.45. The van der Waals surface area contributed by atoms with Crippen molar-refractivity contribution >= 4 is 35.6 Å². The lowest BCUT2D eigenvalue weighted by atomic mass is 9.81.